The van der Waals surface area contributed by atoms with Crippen LogP contribution < -0.4 is 4.72 Å². The molecule has 0 radical (unpaired) electrons. The smallest absolute Gasteiger partial charge is 0.307 e. The zero-order chi connectivity index (χ0) is 18.7. The van der Waals surface area contributed by atoms with Crippen LogP contribution in [0.2, 0.25) is 0 Å². The highest BCUT2D eigenvalue weighted by molar-refractivity contribution is 9.10. The lowest BCUT2D eigenvalue weighted by Crippen LogP contribution is -2.37. The SMILES string of the molecule is CCOC(=O)C[C@H](N[S@](=O)C(C)(C)C)c1c(F)c(C)cc(Br)c1F. The summed E-state index contributed by atoms with van der Waals surface area (Å²) in [5.41, 5.74) is -0.108. The number of halogens is 3. The molecule has 1 aromatic carbocycles. The summed E-state index contributed by atoms with van der Waals surface area (Å²) in [5, 5.41) is 0. The molecule has 1 rings (SSSR count). The summed E-state index contributed by atoms with van der Waals surface area (Å²) < 4.78 is 48.3. The summed E-state index contributed by atoms with van der Waals surface area (Å²) >= 11 is 3.04. The van der Waals surface area contributed by atoms with Crippen LogP contribution >= 0.6 is 15.9 Å². The fourth-order valence-electron chi connectivity index (χ4n) is 1.96. The number of nitrogens with one attached hydrogen (secondary N) is 1. The predicted octanol–water partition coefficient (Wildman–Crippen LogP) is 4.08. The van der Waals surface area contributed by atoms with E-state index in [1.165, 1.54) is 13.0 Å². The second-order valence-electron chi connectivity index (χ2n) is 6.28. The molecule has 2 atom stereocenters. The number of carbonyl (C=O) groups excluding carboxylic acids is 1. The van der Waals surface area contributed by atoms with Gasteiger partial charge in [0.1, 0.15) is 11.6 Å². The third kappa shape index (κ3) is 5.32. The molecule has 0 aliphatic heterocycles. The van der Waals surface area contributed by atoms with E-state index < -0.39 is 39.4 Å². The van der Waals surface area contributed by atoms with Gasteiger partial charge in [0.2, 0.25) is 0 Å². The van der Waals surface area contributed by atoms with Gasteiger partial charge in [-0.05, 0) is 62.2 Å². The normalized spacial score (nSPS) is 14.3. The Labute approximate surface area is 152 Å². The molecule has 0 amide bonds. The number of benzene rings is 1. The molecule has 0 spiro atoms. The van der Waals surface area contributed by atoms with E-state index in [0.717, 1.165) is 0 Å². The van der Waals surface area contributed by atoms with Crippen molar-refractivity contribution in [1.29, 1.82) is 0 Å². The van der Waals surface area contributed by atoms with Gasteiger partial charge in [0.25, 0.3) is 0 Å². The molecule has 0 saturated carbocycles. The number of rotatable bonds is 6. The van der Waals surface area contributed by atoms with Crippen molar-refractivity contribution in [2.24, 2.45) is 0 Å². The van der Waals surface area contributed by atoms with Gasteiger partial charge in [-0.15, -0.1) is 0 Å². The Morgan fingerprint density at radius 2 is 1.96 bits per heavy atom. The maximum atomic E-state index is 14.5. The van der Waals surface area contributed by atoms with Crippen molar-refractivity contribution in [1.82, 2.24) is 4.72 Å². The highest BCUT2D eigenvalue weighted by Crippen LogP contribution is 2.32. The molecule has 136 valence electrons. The first-order valence-electron chi connectivity index (χ1n) is 7.46. The van der Waals surface area contributed by atoms with Crippen LogP contribution in [0.3, 0.4) is 0 Å². The largest absolute Gasteiger partial charge is 0.466 e. The summed E-state index contributed by atoms with van der Waals surface area (Å²) in [7, 11) is -1.62. The molecule has 1 aromatic rings. The maximum Gasteiger partial charge on any atom is 0.307 e. The molecular formula is C16H22BrF2NO3S. The van der Waals surface area contributed by atoms with Crippen LogP contribution in [-0.4, -0.2) is 21.5 Å². The zero-order valence-corrected chi connectivity index (χ0v) is 16.7. The van der Waals surface area contributed by atoms with Crippen LogP contribution in [0.4, 0.5) is 8.78 Å². The van der Waals surface area contributed by atoms with Crippen molar-refractivity contribution in [2.45, 2.75) is 51.8 Å². The molecule has 24 heavy (non-hydrogen) atoms. The van der Waals surface area contributed by atoms with Gasteiger partial charge in [-0.1, -0.05) is 0 Å². The lowest BCUT2D eigenvalue weighted by atomic mass is 10.0. The second-order valence-corrected chi connectivity index (χ2v) is 9.13. The van der Waals surface area contributed by atoms with Gasteiger partial charge in [0.15, 0.2) is 0 Å². The van der Waals surface area contributed by atoms with Crippen molar-refractivity contribution in [2.75, 3.05) is 6.61 Å². The van der Waals surface area contributed by atoms with E-state index in [4.69, 9.17) is 4.74 Å². The molecule has 4 nitrogen and oxygen atoms in total. The molecule has 0 fully saturated rings. The molecule has 0 unspecified atom stereocenters. The summed E-state index contributed by atoms with van der Waals surface area (Å²) in [4.78, 5) is 11.8. The minimum atomic E-state index is -1.62. The quantitative estimate of drug-likeness (QED) is 0.551. The molecular weight excluding hydrogens is 404 g/mol. The van der Waals surface area contributed by atoms with Crippen LogP contribution in [0.15, 0.2) is 10.5 Å². The average Bonchev–Trinajstić information content (AvgIpc) is 2.44. The van der Waals surface area contributed by atoms with Gasteiger partial charge in [0, 0.05) is 5.56 Å². The lowest BCUT2D eigenvalue weighted by Gasteiger charge is -2.25. The molecule has 0 saturated heterocycles. The number of hydrogen-bond donors (Lipinski definition) is 1. The minimum Gasteiger partial charge on any atom is -0.466 e. The Kier molecular flexibility index (Phi) is 7.49. The van der Waals surface area contributed by atoms with E-state index in [9.17, 15) is 17.8 Å². The highest BCUT2D eigenvalue weighted by Gasteiger charge is 2.30. The van der Waals surface area contributed by atoms with E-state index >= 15 is 0 Å². The fraction of sp³-hybridized carbons (Fsp3) is 0.562. The Hall–Kier alpha value is -0.860. The van der Waals surface area contributed by atoms with Crippen LogP contribution in [-0.2, 0) is 20.5 Å². The van der Waals surface area contributed by atoms with Gasteiger partial charge in [0.05, 0.1) is 39.3 Å². The van der Waals surface area contributed by atoms with Crippen LogP contribution in [0.5, 0.6) is 0 Å². The fourth-order valence-corrected chi connectivity index (χ4v) is 3.33. The summed E-state index contributed by atoms with van der Waals surface area (Å²) in [6.45, 7) is 8.43. The number of hydrogen-bond acceptors (Lipinski definition) is 3. The molecule has 0 aliphatic carbocycles. The van der Waals surface area contributed by atoms with E-state index in [1.807, 2.05) is 0 Å². The van der Waals surface area contributed by atoms with E-state index in [2.05, 4.69) is 20.7 Å². The Morgan fingerprint density at radius 1 is 1.38 bits per heavy atom. The van der Waals surface area contributed by atoms with E-state index in [0.29, 0.717) is 0 Å². The Bertz CT molecular complexity index is 621. The highest BCUT2D eigenvalue weighted by atomic mass is 79.9. The third-order valence-corrected chi connectivity index (χ3v) is 5.39. The van der Waals surface area contributed by atoms with E-state index in [-0.39, 0.29) is 28.6 Å². The first-order valence-corrected chi connectivity index (χ1v) is 9.41. The third-order valence-electron chi connectivity index (χ3n) is 3.20. The van der Waals surface area contributed by atoms with Gasteiger partial charge >= 0.3 is 5.97 Å². The van der Waals surface area contributed by atoms with Crippen molar-refractivity contribution in [3.63, 3.8) is 0 Å². The number of esters is 1. The summed E-state index contributed by atoms with van der Waals surface area (Å²) in [5.74, 6) is -2.23. The van der Waals surface area contributed by atoms with Crippen molar-refractivity contribution in [3.05, 3.63) is 33.3 Å². The van der Waals surface area contributed by atoms with Crippen molar-refractivity contribution >= 4 is 32.9 Å². The molecule has 1 N–H and O–H groups in total. The standard InChI is InChI=1S/C16H22BrF2NO3S/c1-6-23-12(21)8-11(20-24(22)16(3,4)5)13-14(18)9(2)7-10(17)15(13)19/h7,11,20H,6,8H2,1-5H3/t11-,24+/m0/s1. The van der Waals surface area contributed by atoms with E-state index in [1.54, 1.807) is 27.7 Å². The molecule has 0 aliphatic rings. The van der Waals surface area contributed by atoms with Gasteiger partial charge in [-0.3, -0.25) is 4.79 Å². The first kappa shape index (κ1) is 21.2. The molecule has 0 bridgehead atoms. The van der Waals surface area contributed by atoms with Crippen molar-refractivity contribution in [3.8, 4) is 0 Å². The van der Waals surface area contributed by atoms with Gasteiger partial charge in [-0.25, -0.2) is 17.7 Å². The molecule has 0 aromatic heterocycles. The number of carbonyl (C=O) groups is 1. The van der Waals surface area contributed by atoms with Crippen molar-refractivity contribution < 1.29 is 22.5 Å². The first-order chi connectivity index (χ1) is 11.0. The van der Waals surface area contributed by atoms with Gasteiger partial charge < -0.3 is 4.74 Å². The van der Waals surface area contributed by atoms with Crippen LogP contribution in [0, 0.1) is 18.6 Å². The number of aryl methyl sites for hydroxylation is 1. The Balaban J connectivity index is 3.33. The summed E-state index contributed by atoms with van der Waals surface area (Å²) in [6, 6.07) is 0.205. The monoisotopic (exact) mass is 425 g/mol. The minimum absolute atomic E-state index is 0.0774. The Morgan fingerprint density at radius 3 is 2.46 bits per heavy atom. The number of ether oxygens (including phenoxy) is 1. The molecule has 0 heterocycles. The maximum absolute atomic E-state index is 14.5. The van der Waals surface area contributed by atoms with Crippen LogP contribution in [0.25, 0.3) is 0 Å². The second kappa shape index (κ2) is 8.49. The van der Waals surface area contributed by atoms with Crippen LogP contribution in [0.1, 0.15) is 51.3 Å². The lowest BCUT2D eigenvalue weighted by molar-refractivity contribution is -0.143. The zero-order valence-electron chi connectivity index (χ0n) is 14.3. The summed E-state index contributed by atoms with van der Waals surface area (Å²) in [6.07, 6.45) is -0.334. The topological polar surface area (TPSA) is 55.4 Å². The van der Waals surface area contributed by atoms with Gasteiger partial charge in [-0.2, -0.15) is 0 Å². The predicted molar refractivity (Wildman–Crippen MR) is 93.8 cm³/mol. The average molecular weight is 426 g/mol. The molecule has 8 heteroatoms.